The minimum absolute atomic E-state index is 0.0653. The first-order chi connectivity index (χ1) is 12.5. The molecular weight excluding hydrogens is 328 g/mol. The summed E-state index contributed by atoms with van der Waals surface area (Å²) in [5.41, 5.74) is 2.12. The average Bonchev–Trinajstić information content (AvgIpc) is 3.15. The Morgan fingerprint density at radius 2 is 1.92 bits per heavy atom. The SMILES string of the molecule is CCCc1cc(CC)c(OCCCCCC(C)(C)c2nn[nH]n2)cc1O. The van der Waals surface area contributed by atoms with Crippen molar-refractivity contribution in [2.75, 3.05) is 6.61 Å². The van der Waals surface area contributed by atoms with Crippen LogP contribution in [0.25, 0.3) is 0 Å². The molecule has 0 atom stereocenters. The van der Waals surface area contributed by atoms with Crippen molar-refractivity contribution in [3.63, 3.8) is 0 Å². The van der Waals surface area contributed by atoms with Crippen LogP contribution in [0.3, 0.4) is 0 Å². The number of tetrazole rings is 1. The Morgan fingerprint density at radius 3 is 2.58 bits per heavy atom. The topological polar surface area (TPSA) is 83.9 Å². The van der Waals surface area contributed by atoms with Gasteiger partial charge in [0.05, 0.1) is 6.61 Å². The van der Waals surface area contributed by atoms with Crippen molar-refractivity contribution >= 4 is 0 Å². The lowest BCUT2D eigenvalue weighted by Crippen LogP contribution is -2.19. The number of phenols is 1. The maximum absolute atomic E-state index is 10.2. The van der Waals surface area contributed by atoms with Gasteiger partial charge in [0.25, 0.3) is 0 Å². The zero-order valence-electron chi connectivity index (χ0n) is 16.5. The van der Waals surface area contributed by atoms with Crippen molar-refractivity contribution in [1.29, 1.82) is 0 Å². The quantitative estimate of drug-likeness (QED) is 0.582. The second-order valence-electron chi connectivity index (χ2n) is 7.47. The Balaban J connectivity index is 1.77. The second-order valence-corrected chi connectivity index (χ2v) is 7.47. The van der Waals surface area contributed by atoms with E-state index in [1.54, 1.807) is 6.07 Å². The van der Waals surface area contributed by atoms with Crippen molar-refractivity contribution in [2.24, 2.45) is 0 Å². The summed E-state index contributed by atoms with van der Waals surface area (Å²) in [7, 11) is 0. The van der Waals surface area contributed by atoms with Gasteiger partial charge in [-0.15, -0.1) is 10.2 Å². The first-order valence-electron chi connectivity index (χ1n) is 9.69. The summed E-state index contributed by atoms with van der Waals surface area (Å²) in [5, 5.41) is 24.5. The van der Waals surface area contributed by atoms with Crippen molar-refractivity contribution in [1.82, 2.24) is 20.6 Å². The fourth-order valence-corrected chi connectivity index (χ4v) is 3.13. The van der Waals surface area contributed by atoms with Crippen molar-refractivity contribution in [3.8, 4) is 11.5 Å². The van der Waals surface area contributed by atoms with E-state index in [1.165, 1.54) is 5.56 Å². The molecule has 144 valence electrons. The normalized spacial score (nSPS) is 11.7. The molecule has 0 fully saturated rings. The molecule has 1 aromatic carbocycles. The molecule has 0 saturated heterocycles. The van der Waals surface area contributed by atoms with E-state index in [4.69, 9.17) is 4.74 Å². The van der Waals surface area contributed by atoms with E-state index in [9.17, 15) is 5.11 Å². The highest BCUT2D eigenvalue weighted by molar-refractivity contribution is 5.46. The molecule has 0 bridgehead atoms. The number of hydrogen-bond acceptors (Lipinski definition) is 5. The van der Waals surface area contributed by atoms with Gasteiger partial charge < -0.3 is 9.84 Å². The molecule has 1 heterocycles. The number of aromatic amines is 1. The summed E-state index contributed by atoms with van der Waals surface area (Å²) in [6.07, 6.45) is 7.01. The Bertz CT molecular complexity index is 669. The number of nitrogens with zero attached hydrogens (tertiary/aromatic N) is 3. The average molecular weight is 361 g/mol. The molecule has 0 amide bonds. The fraction of sp³-hybridized carbons (Fsp3) is 0.650. The number of nitrogens with one attached hydrogen (secondary N) is 1. The van der Waals surface area contributed by atoms with E-state index in [2.05, 4.69) is 54.4 Å². The van der Waals surface area contributed by atoms with Gasteiger partial charge >= 0.3 is 0 Å². The van der Waals surface area contributed by atoms with Gasteiger partial charge in [0.15, 0.2) is 5.82 Å². The third-order valence-electron chi connectivity index (χ3n) is 4.82. The number of aromatic nitrogens is 4. The van der Waals surface area contributed by atoms with Gasteiger partial charge in [0.1, 0.15) is 11.5 Å². The zero-order valence-corrected chi connectivity index (χ0v) is 16.5. The molecule has 1 aromatic heterocycles. The van der Waals surface area contributed by atoms with Crippen LogP contribution in [-0.4, -0.2) is 32.3 Å². The number of rotatable bonds is 11. The highest BCUT2D eigenvalue weighted by Crippen LogP contribution is 2.30. The first-order valence-corrected chi connectivity index (χ1v) is 9.69. The number of H-pyrrole nitrogens is 1. The standard InChI is InChI=1S/C20H32N4O2/c1-5-10-16-13-15(6-2)18(14-17(16)25)26-12-9-7-8-11-20(3,4)19-21-23-24-22-19/h13-14,25H,5-12H2,1-4H3,(H,21,22,23,24). The lowest BCUT2D eigenvalue weighted by molar-refractivity contribution is 0.296. The van der Waals surface area contributed by atoms with Crippen LogP contribution in [-0.2, 0) is 18.3 Å². The van der Waals surface area contributed by atoms with Crippen LogP contribution < -0.4 is 4.74 Å². The van der Waals surface area contributed by atoms with Crippen LogP contribution in [0.2, 0.25) is 0 Å². The van der Waals surface area contributed by atoms with Gasteiger partial charge in [-0.3, -0.25) is 0 Å². The van der Waals surface area contributed by atoms with E-state index in [0.29, 0.717) is 12.4 Å². The molecule has 0 aliphatic heterocycles. The number of unbranched alkanes of at least 4 members (excludes halogenated alkanes) is 2. The van der Waals surface area contributed by atoms with E-state index >= 15 is 0 Å². The summed E-state index contributed by atoms with van der Waals surface area (Å²) in [6, 6.07) is 3.87. The molecule has 2 aromatic rings. The Morgan fingerprint density at radius 1 is 1.12 bits per heavy atom. The number of aryl methyl sites for hydroxylation is 2. The molecule has 0 saturated carbocycles. The van der Waals surface area contributed by atoms with Gasteiger partial charge in [-0.2, -0.15) is 5.21 Å². The first kappa shape index (κ1) is 20.2. The monoisotopic (exact) mass is 360 g/mol. The number of phenolic OH excluding ortho intramolecular Hbond substituents is 1. The van der Waals surface area contributed by atoms with Gasteiger partial charge in [-0.05, 0) is 42.9 Å². The smallest absolute Gasteiger partial charge is 0.180 e. The Kier molecular flexibility index (Phi) is 7.42. The number of benzene rings is 1. The molecule has 0 radical (unpaired) electrons. The van der Waals surface area contributed by atoms with E-state index in [-0.39, 0.29) is 5.41 Å². The number of aromatic hydroxyl groups is 1. The predicted octanol–water partition coefficient (Wildman–Crippen LogP) is 4.34. The summed E-state index contributed by atoms with van der Waals surface area (Å²) < 4.78 is 5.95. The lowest BCUT2D eigenvalue weighted by Gasteiger charge is -2.20. The highest BCUT2D eigenvalue weighted by atomic mass is 16.5. The summed E-state index contributed by atoms with van der Waals surface area (Å²) in [4.78, 5) is 0. The van der Waals surface area contributed by atoms with Crippen LogP contribution in [0, 0.1) is 0 Å². The molecule has 0 aliphatic rings. The molecular formula is C20H32N4O2. The number of hydrogen-bond donors (Lipinski definition) is 2. The van der Waals surface area contributed by atoms with Crippen LogP contribution in [0.15, 0.2) is 12.1 Å². The van der Waals surface area contributed by atoms with E-state index < -0.39 is 0 Å². The van der Waals surface area contributed by atoms with Gasteiger partial charge in [0.2, 0.25) is 0 Å². The van der Waals surface area contributed by atoms with Crippen LogP contribution in [0.1, 0.15) is 76.8 Å². The molecule has 2 N–H and O–H groups in total. The van der Waals surface area contributed by atoms with Crippen molar-refractivity contribution in [2.45, 2.75) is 78.1 Å². The summed E-state index contributed by atoms with van der Waals surface area (Å²) in [6.45, 7) is 9.19. The Hall–Kier alpha value is -2.11. The summed E-state index contributed by atoms with van der Waals surface area (Å²) in [5.74, 6) is 1.93. The molecule has 0 unspecified atom stereocenters. The fourth-order valence-electron chi connectivity index (χ4n) is 3.13. The maximum Gasteiger partial charge on any atom is 0.180 e. The lowest BCUT2D eigenvalue weighted by atomic mass is 9.86. The maximum atomic E-state index is 10.2. The minimum Gasteiger partial charge on any atom is -0.508 e. The molecule has 26 heavy (non-hydrogen) atoms. The number of ether oxygens (including phenoxy) is 1. The minimum atomic E-state index is -0.0653. The molecule has 6 heteroatoms. The molecule has 2 rings (SSSR count). The molecule has 0 aliphatic carbocycles. The van der Waals surface area contributed by atoms with Gasteiger partial charge in [-0.1, -0.05) is 52.2 Å². The largest absolute Gasteiger partial charge is 0.508 e. The highest BCUT2D eigenvalue weighted by Gasteiger charge is 2.24. The van der Waals surface area contributed by atoms with Crippen molar-refractivity contribution < 1.29 is 9.84 Å². The predicted molar refractivity (Wildman–Crippen MR) is 103 cm³/mol. The molecule has 6 nitrogen and oxygen atoms in total. The van der Waals surface area contributed by atoms with E-state index in [0.717, 1.165) is 62.1 Å². The third-order valence-corrected chi connectivity index (χ3v) is 4.82. The van der Waals surface area contributed by atoms with Crippen molar-refractivity contribution in [3.05, 3.63) is 29.1 Å². The summed E-state index contributed by atoms with van der Waals surface area (Å²) >= 11 is 0. The Labute approximate surface area is 156 Å². The van der Waals surface area contributed by atoms with Crippen LogP contribution in [0.4, 0.5) is 0 Å². The molecule has 0 spiro atoms. The van der Waals surface area contributed by atoms with E-state index in [1.807, 2.05) is 0 Å². The van der Waals surface area contributed by atoms with Gasteiger partial charge in [0, 0.05) is 11.5 Å². The van der Waals surface area contributed by atoms with Gasteiger partial charge in [-0.25, -0.2) is 0 Å². The van der Waals surface area contributed by atoms with Crippen LogP contribution in [0.5, 0.6) is 11.5 Å². The second kappa shape index (κ2) is 9.55. The third kappa shape index (κ3) is 5.44. The zero-order chi connectivity index (χ0) is 19.0. The van der Waals surface area contributed by atoms with Crippen LogP contribution >= 0.6 is 0 Å².